The molecule has 3 rings (SSSR count). The number of rotatable bonds is 6. The number of carbonyl (C=O) groups is 2. The number of hydrogen-bond acceptors (Lipinski definition) is 7. The molecule has 0 saturated carbocycles. The van der Waals surface area contributed by atoms with Crippen molar-refractivity contribution in [3.63, 3.8) is 0 Å². The highest BCUT2D eigenvalue weighted by Crippen LogP contribution is 2.29. The van der Waals surface area contributed by atoms with E-state index in [4.69, 9.17) is 9.26 Å². The summed E-state index contributed by atoms with van der Waals surface area (Å²) in [4.78, 5) is 25.0. The van der Waals surface area contributed by atoms with Crippen LogP contribution in [-0.4, -0.2) is 48.0 Å². The Morgan fingerprint density at radius 3 is 2.64 bits per heavy atom. The summed E-state index contributed by atoms with van der Waals surface area (Å²) in [5, 5.41) is 3.81. The van der Waals surface area contributed by atoms with E-state index in [9.17, 15) is 18.0 Å². The first-order chi connectivity index (χ1) is 13.1. The zero-order chi connectivity index (χ0) is 20.6. The standard InChI is InChI=1S/C19H24N2O6S/c1-5-16-18(13(4)27-20-16)19(23)26-9-17(22)15-8-11(2)21(12(15)3)14-6-7-28(24,25)10-14/h8,14H,5-7,9-10H2,1-4H3. The molecule has 1 saturated heterocycles. The van der Waals surface area contributed by atoms with Gasteiger partial charge in [0.15, 0.2) is 16.4 Å². The third kappa shape index (κ3) is 3.76. The van der Waals surface area contributed by atoms with Crippen molar-refractivity contribution in [2.45, 2.75) is 46.6 Å². The molecule has 0 radical (unpaired) electrons. The second-order valence-corrected chi connectivity index (χ2v) is 9.35. The first-order valence-corrected chi connectivity index (χ1v) is 11.0. The van der Waals surface area contributed by atoms with Gasteiger partial charge in [-0.15, -0.1) is 0 Å². The lowest BCUT2D eigenvalue weighted by atomic mass is 10.1. The van der Waals surface area contributed by atoms with Crippen LogP contribution < -0.4 is 0 Å². The summed E-state index contributed by atoms with van der Waals surface area (Å²) in [6.07, 6.45) is 1.05. The molecule has 2 aromatic rings. The minimum absolute atomic E-state index is 0.0819. The van der Waals surface area contributed by atoms with E-state index in [1.54, 1.807) is 19.9 Å². The molecular weight excluding hydrogens is 384 g/mol. The van der Waals surface area contributed by atoms with Gasteiger partial charge in [-0.05, 0) is 39.7 Å². The molecule has 0 spiro atoms. The van der Waals surface area contributed by atoms with Gasteiger partial charge in [-0.3, -0.25) is 4.79 Å². The van der Waals surface area contributed by atoms with Crippen LogP contribution in [0, 0.1) is 20.8 Å². The second-order valence-electron chi connectivity index (χ2n) is 7.12. The molecule has 1 fully saturated rings. The lowest BCUT2D eigenvalue weighted by molar-refractivity contribution is 0.0471. The summed E-state index contributed by atoms with van der Waals surface area (Å²) in [5.41, 5.74) is 2.70. The van der Waals surface area contributed by atoms with E-state index in [0.29, 0.717) is 35.6 Å². The van der Waals surface area contributed by atoms with E-state index in [-0.39, 0.29) is 28.9 Å². The molecule has 0 aliphatic carbocycles. The Labute approximate surface area is 163 Å². The Balaban J connectivity index is 1.74. The zero-order valence-corrected chi connectivity index (χ0v) is 17.3. The molecule has 0 amide bonds. The number of ether oxygens (including phenoxy) is 1. The molecular formula is C19H24N2O6S. The third-order valence-corrected chi connectivity index (χ3v) is 6.92. The molecule has 28 heavy (non-hydrogen) atoms. The van der Waals surface area contributed by atoms with Crippen LogP contribution in [0.25, 0.3) is 0 Å². The minimum Gasteiger partial charge on any atom is -0.454 e. The zero-order valence-electron chi connectivity index (χ0n) is 16.4. The number of hydrogen-bond donors (Lipinski definition) is 0. The van der Waals surface area contributed by atoms with Crippen molar-refractivity contribution < 1.29 is 27.3 Å². The molecule has 152 valence electrons. The van der Waals surface area contributed by atoms with Gasteiger partial charge in [-0.1, -0.05) is 12.1 Å². The molecule has 2 aromatic heterocycles. The van der Waals surface area contributed by atoms with E-state index in [1.807, 2.05) is 18.4 Å². The average molecular weight is 408 g/mol. The van der Waals surface area contributed by atoms with Gasteiger partial charge >= 0.3 is 5.97 Å². The Morgan fingerprint density at radius 1 is 1.32 bits per heavy atom. The van der Waals surface area contributed by atoms with Crippen molar-refractivity contribution in [1.29, 1.82) is 0 Å². The normalized spacial score (nSPS) is 18.4. The van der Waals surface area contributed by atoms with E-state index < -0.39 is 22.4 Å². The predicted octanol–water partition coefficient (Wildman–Crippen LogP) is 2.36. The van der Waals surface area contributed by atoms with Crippen LogP contribution >= 0.6 is 0 Å². The average Bonchev–Trinajstić information content (AvgIpc) is 3.27. The van der Waals surface area contributed by atoms with Gasteiger partial charge in [0.1, 0.15) is 11.3 Å². The fraction of sp³-hybridized carbons (Fsp3) is 0.526. The molecule has 1 aliphatic heterocycles. The van der Waals surface area contributed by atoms with Crippen molar-refractivity contribution in [2.75, 3.05) is 18.1 Å². The smallest absolute Gasteiger partial charge is 0.344 e. The number of esters is 1. The highest BCUT2D eigenvalue weighted by Gasteiger charge is 2.32. The molecule has 0 N–H and O–H groups in total. The van der Waals surface area contributed by atoms with Crippen LogP contribution in [0.15, 0.2) is 10.6 Å². The quantitative estimate of drug-likeness (QED) is 0.533. The molecule has 1 unspecified atom stereocenters. The Hall–Kier alpha value is -2.42. The summed E-state index contributed by atoms with van der Waals surface area (Å²) < 4.78 is 35.7. The summed E-state index contributed by atoms with van der Waals surface area (Å²) in [5.74, 6) is -0.373. The fourth-order valence-electron chi connectivity index (χ4n) is 3.80. The van der Waals surface area contributed by atoms with Gasteiger partial charge in [0.05, 0.1) is 17.2 Å². The largest absolute Gasteiger partial charge is 0.454 e. The van der Waals surface area contributed by atoms with Gasteiger partial charge in [-0.2, -0.15) is 0 Å². The van der Waals surface area contributed by atoms with Crippen LogP contribution in [-0.2, 0) is 21.0 Å². The van der Waals surface area contributed by atoms with E-state index >= 15 is 0 Å². The molecule has 1 aliphatic rings. The highest BCUT2D eigenvalue weighted by molar-refractivity contribution is 7.91. The molecule has 1 atom stereocenters. The first-order valence-electron chi connectivity index (χ1n) is 9.19. The van der Waals surface area contributed by atoms with Crippen molar-refractivity contribution in [3.8, 4) is 0 Å². The highest BCUT2D eigenvalue weighted by atomic mass is 32.2. The van der Waals surface area contributed by atoms with E-state index in [1.165, 1.54) is 0 Å². The number of aromatic nitrogens is 2. The Bertz CT molecular complexity index is 1030. The second kappa shape index (κ2) is 7.54. The maximum Gasteiger partial charge on any atom is 0.344 e. The van der Waals surface area contributed by atoms with Crippen molar-refractivity contribution in [1.82, 2.24) is 9.72 Å². The number of Topliss-reactive ketones (excluding diaryl/α,β-unsaturated/α-hetero) is 1. The topological polar surface area (TPSA) is 108 Å². The van der Waals surface area contributed by atoms with Gasteiger partial charge in [0.25, 0.3) is 0 Å². The van der Waals surface area contributed by atoms with Crippen molar-refractivity contribution in [2.24, 2.45) is 0 Å². The van der Waals surface area contributed by atoms with Gasteiger partial charge in [0.2, 0.25) is 5.78 Å². The van der Waals surface area contributed by atoms with Gasteiger partial charge in [0, 0.05) is 23.0 Å². The number of aryl methyl sites for hydroxylation is 3. The lowest BCUT2D eigenvalue weighted by Crippen LogP contribution is -2.17. The van der Waals surface area contributed by atoms with Crippen LogP contribution in [0.5, 0.6) is 0 Å². The van der Waals surface area contributed by atoms with E-state index in [0.717, 1.165) is 5.69 Å². The molecule has 0 aromatic carbocycles. The third-order valence-electron chi connectivity index (χ3n) is 5.17. The number of nitrogens with zero attached hydrogens (tertiary/aromatic N) is 2. The minimum atomic E-state index is -3.04. The van der Waals surface area contributed by atoms with E-state index in [2.05, 4.69) is 5.16 Å². The van der Waals surface area contributed by atoms with Gasteiger partial charge in [-0.25, -0.2) is 13.2 Å². The molecule has 9 heteroatoms. The lowest BCUT2D eigenvalue weighted by Gasteiger charge is -2.16. The number of ketones is 1. The molecule has 0 bridgehead atoms. The summed E-state index contributed by atoms with van der Waals surface area (Å²) in [6.45, 7) is 6.69. The van der Waals surface area contributed by atoms with Crippen molar-refractivity contribution in [3.05, 3.63) is 40.0 Å². The Morgan fingerprint density at radius 2 is 2.04 bits per heavy atom. The maximum absolute atomic E-state index is 12.6. The first kappa shape index (κ1) is 20.3. The SMILES string of the molecule is CCc1noc(C)c1C(=O)OCC(=O)c1cc(C)n(C2CCS(=O)(=O)C2)c1C. The Kier molecular flexibility index (Phi) is 5.47. The summed E-state index contributed by atoms with van der Waals surface area (Å²) >= 11 is 0. The molecule has 8 nitrogen and oxygen atoms in total. The van der Waals surface area contributed by atoms with Crippen LogP contribution in [0.4, 0.5) is 0 Å². The number of sulfone groups is 1. The summed E-state index contributed by atoms with van der Waals surface area (Å²) in [7, 11) is -3.04. The maximum atomic E-state index is 12.6. The summed E-state index contributed by atoms with van der Waals surface area (Å²) in [6, 6.07) is 1.55. The fourth-order valence-corrected chi connectivity index (χ4v) is 5.50. The van der Waals surface area contributed by atoms with Crippen LogP contribution in [0.1, 0.15) is 62.9 Å². The predicted molar refractivity (Wildman–Crippen MR) is 101 cm³/mol. The number of carbonyl (C=O) groups excluding carboxylic acids is 2. The van der Waals surface area contributed by atoms with Crippen LogP contribution in [0.2, 0.25) is 0 Å². The van der Waals surface area contributed by atoms with Crippen molar-refractivity contribution >= 4 is 21.6 Å². The van der Waals surface area contributed by atoms with Crippen LogP contribution in [0.3, 0.4) is 0 Å². The molecule has 3 heterocycles. The van der Waals surface area contributed by atoms with Gasteiger partial charge < -0.3 is 13.8 Å². The monoisotopic (exact) mass is 408 g/mol.